The molecule has 1 fully saturated rings. The summed E-state index contributed by atoms with van der Waals surface area (Å²) in [4.78, 5) is 16.9. The van der Waals surface area contributed by atoms with Gasteiger partial charge >= 0.3 is 0 Å². The molecule has 4 rings (SSSR count). The van der Waals surface area contributed by atoms with Gasteiger partial charge in [-0.05, 0) is 43.0 Å². The first-order valence-electron chi connectivity index (χ1n) is 10.0. The van der Waals surface area contributed by atoms with Crippen molar-refractivity contribution in [3.63, 3.8) is 0 Å². The highest BCUT2D eigenvalue weighted by atomic mass is 35.5. The van der Waals surface area contributed by atoms with Crippen molar-refractivity contribution in [1.82, 2.24) is 9.80 Å². The third kappa shape index (κ3) is 4.81. The summed E-state index contributed by atoms with van der Waals surface area (Å²) < 4.78 is 0. The second-order valence-corrected chi connectivity index (χ2v) is 7.83. The van der Waals surface area contributed by atoms with Gasteiger partial charge in [0.05, 0.1) is 0 Å². The Bertz CT molecular complexity index is 775. The molecule has 1 N–H and O–H groups in total. The van der Waals surface area contributed by atoms with Gasteiger partial charge in [-0.1, -0.05) is 54.6 Å². The number of carbonyl (C=O) groups is 1. The highest BCUT2D eigenvalue weighted by Crippen LogP contribution is 2.33. The fourth-order valence-corrected chi connectivity index (χ4v) is 4.35. The topological polar surface area (TPSA) is 43.8 Å². The fraction of sp³-hybridized carbons (Fsp3) is 0.435. The summed E-state index contributed by atoms with van der Waals surface area (Å²) in [5.74, 6) is 0.853. The zero-order valence-electron chi connectivity index (χ0n) is 16.2. The van der Waals surface area contributed by atoms with Crippen LogP contribution in [-0.2, 0) is 6.54 Å². The Morgan fingerprint density at radius 2 is 1.68 bits per heavy atom. The number of Topliss-reactive ketones (excluding diaryl/α,β-unsaturated/α-hetero) is 1. The van der Waals surface area contributed by atoms with Gasteiger partial charge in [0.1, 0.15) is 6.23 Å². The lowest BCUT2D eigenvalue weighted by Gasteiger charge is -2.34. The van der Waals surface area contributed by atoms with Crippen molar-refractivity contribution >= 4 is 18.2 Å². The van der Waals surface area contributed by atoms with E-state index in [0.29, 0.717) is 12.3 Å². The van der Waals surface area contributed by atoms with Crippen LogP contribution in [0.2, 0.25) is 0 Å². The Hall–Kier alpha value is -1.72. The smallest absolute Gasteiger partial charge is 0.164 e. The second kappa shape index (κ2) is 9.66. The van der Waals surface area contributed by atoms with Gasteiger partial charge in [0, 0.05) is 31.6 Å². The molecule has 0 aliphatic carbocycles. The van der Waals surface area contributed by atoms with Gasteiger partial charge in [0.25, 0.3) is 0 Å². The molecule has 0 spiro atoms. The quantitative estimate of drug-likeness (QED) is 0.747. The molecular formula is C23H29ClN2O2. The zero-order valence-corrected chi connectivity index (χ0v) is 17.0. The number of hydrogen-bond acceptors (Lipinski definition) is 4. The van der Waals surface area contributed by atoms with Crippen molar-refractivity contribution in [3.05, 3.63) is 71.3 Å². The number of nitrogens with zero attached hydrogens (tertiary/aromatic N) is 2. The first-order chi connectivity index (χ1) is 13.2. The fourth-order valence-electron chi connectivity index (χ4n) is 4.35. The van der Waals surface area contributed by atoms with Crippen molar-refractivity contribution in [2.75, 3.05) is 26.2 Å². The lowest BCUT2D eigenvalue weighted by atomic mass is 9.95. The largest absolute Gasteiger partial charge is 0.374 e. The van der Waals surface area contributed by atoms with Crippen molar-refractivity contribution in [2.24, 2.45) is 5.92 Å². The summed E-state index contributed by atoms with van der Waals surface area (Å²) in [5, 5.41) is 10.6. The molecule has 0 amide bonds. The average molecular weight is 401 g/mol. The summed E-state index contributed by atoms with van der Waals surface area (Å²) >= 11 is 0. The SMILES string of the molecule is Cl.O=C(CCN1CCC(CN2Cc3ccccc3C2O)CC1)c1ccccc1. The molecule has 0 aromatic heterocycles. The van der Waals surface area contributed by atoms with E-state index in [4.69, 9.17) is 0 Å². The van der Waals surface area contributed by atoms with E-state index in [1.54, 1.807) is 0 Å². The van der Waals surface area contributed by atoms with Crippen LogP contribution in [0.15, 0.2) is 54.6 Å². The number of aliphatic hydroxyl groups is 1. The number of carbonyl (C=O) groups excluding carboxylic acids is 1. The zero-order chi connectivity index (χ0) is 18.6. The molecule has 2 aliphatic heterocycles. The molecule has 0 saturated carbocycles. The van der Waals surface area contributed by atoms with Gasteiger partial charge in [-0.15, -0.1) is 12.4 Å². The van der Waals surface area contributed by atoms with Crippen LogP contribution in [-0.4, -0.2) is 46.9 Å². The van der Waals surface area contributed by atoms with Gasteiger partial charge in [0.15, 0.2) is 5.78 Å². The van der Waals surface area contributed by atoms with Crippen molar-refractivity contribution in [3.8, 4) is 0 Å². The van der Waals surface area contributed by atoms with E-state index >= 15 is 0 Å². The third-order valence-corrected chi connectivity index (χ3v) is 6.00. The summed E-state index contributed by atoms with van der Waals surface area (Å²) in [6, 6.07) is 17.8. The Morgan fingerprint density at radius 1 is 1.00 bits per heavy atom. The molecule has 5 heteroatoms. The van der Waals surface area contributed by atoms with Gasteiger partial charge in [-0.3, -0.25) is 9.69 Å². The number of fused-ring (bicyclic) bond motifs is 1. The number of ketones is 1. The minimum Gasteiger partial charge on any atom is -0.374 e. The molecule has 0 radical (unpaired) electrons. The van der Waals surface area contributed by atoms with Crippen LogP contribution in [0.5, 0.6) is 0 Å². The Labute approximate surface area is 173 Å². The molecule has 0 bridgehead atoms. The maximum absolute atomic E-state index is 12.3. The predicted octanol–water partition coefficient (Wildman–Crippen LogP) is 3.90. The van der Waals surface area contributed by atoms with Crippen molar-refractivity contribution in [1.29, 1.82) is 0 Å². The molecule has 1 atom stereocenters. The second-order valence-electron chi connectivity index (χ2n) is 7.83. The van der Waals surface area contributed by atoms with E-state index in [2.05, 4.69) is 15.9 Å². The number of hydrogen-bond donors (Lipinski definition) is 1. The number of likely N-dealkylation sites (tertiary alicyclic amines) is 1. The van der Waals surface area contributed by atoms with Gasteiger partial charge in [-0.25, -0.2) is 0 Å². The van der Waals surface area contributed by atoms with Gasteiger partial charge < -0.3 is 10.0 Å². The third-order valence-electron chi connectivity index (χ3n) is 6.00. The summed E-state index contributed by atoms with van der Waals surface area (Å²) in [7, 11) is 0. The molecule has 2 heterocycles. The maximum Gasteiger partial charge on any atom is 0.164 e. The van der Waals surface area contributed by atoms with E-state index in [-0.39, 0.29) is 18.2 Å². The number of rotatable bonds is 6. The van der Waals surface area contributed by atoms with Gasteiger partial charge in [0.2, 0.25) is 0 Å². The van der Waals surface area contributed by atoms with E-state index < -0.39 is 6.23 Å². The normalized spacial score (nSPS) is 20.5. The molecule has 4 nitrogen and oxygen atoms in total. The average Bonchev–Trinajstić information content (AvgIpc) is 3.03. The Balaban J connectivity index is 0.00000225. The monoisotopic (exact) mass is 400 g/mol. The van der Waals surface area contributed by atoms with E-state index in [1.165, 1.54) is 5.56 Å². The van der Waals surface area contributed by atoms with Crippen LogP contribution in [0, 0.1) is 5.92 Å². The number of piperidine rings is 1. The minimum atomic E-state index is -0.456. The van der Waals surface area contributed by atoms with Crippen LogP contribution < -0.4 is 0 Å². The van der Waals surface area contributed by atoms with Crippen LogP contribution in [0.1, 0.15) is 47.0 Å². The predicted molar refractivity (Wildman–Crippen MR) is 114 cm³/mol. The standard InChI is InChI=1S/C23H28N2O2.ClH/c26-22(19-6-2-1-3-7-19)12-15-24-13-10-18(11-14-24)16-25-17-20-8-4-5-9-21(20)23(25)27;/h1-9,18,23,27H,10-17H2;1H. The highest BCUT2D eigenvalue weighted by Gasteiger charge is 2.30. The first-order valence-corrected chi connectivity index (χ1v) is 10.0. The van der Waals surface area contributed by atoms with Gasteiger partial charge in [-0.2, -0.15) is 0 Å². The summed E-state index contributed by atoms with van der Waals surface area (Å²) in [6.07, 6.45) is 2.41. The van der Waals surface area contributed by atoms with E-state index in [1.807, 2.05) is 48.5 Å². The lowest BCUT2D eigenvalue weighted by Crippen LogP contribution is -2.39. The maximum atomic E-state index is 12.3. The molecule has 150 valence electrons. The molecule has 2 aromatic carbocycles. The minimum absolute atomic E-state index is 0. The van der Waals surface area contributed by atoms with Crippen molar-refractivity contribution in [2.45, 2.75) is 32.0 Å². The number of halogens is 1. The first kappa shape index (κ1) is 21.0. The van der Waals surface area contributed by atoms with E-state index in [9.17, 15) is 9.90 Å². The van der Waals surface area contributed by atoms with Crippen LogP contribution in [0.4, 0.5) is 0 Å². The van der Waals surface area contributed by atoms with Crippen LogP contribution >= 0.6 is 12.4 Å². The van der Waals surface area contributed by atoms with Crippen molar-refractivity contribution < 1.29 is 9.90 Å². The lowest BCUT2D eigenvalue weighted by molar-refractivity contribution is -0.00376. The summed E-state index contributed by atoms with van der Waals surface area (Å²) in [6.45, 7) is 4.74. The van der Waals surface area contributed by atoms with E-state index in [0.717, 1.165) is 56.7 Å². The molecule has 28 heavy (non-hydrogen) atoms. The highest BCUT2D eigenvalue weighted by molar-refractivity contribution is 5.96. The number of benzene rings is 2. The van der Waals surface area contributed by atoms with Crippen LogP contribution in [0.3, 0.4) is 0 Å². The Morgan fingerprint density at radius 3 is 2.39 bits per heavy atom. The Kier molecular flexibility index (Phi) is 7.24. The molecule has 1 saturated heterocycles. The number of aliphatic hydroxyl groups excluding tert-OH is 1. The molecule has 2 aliphatic rings. The molecule has 1 unspecified atom stereocenters. The summed E-state index contributed by atoms with van der Waals surface area (Å²) in [5.41, 5.74) is 3.13. The van der Waals surface area contributed by atoms with Crippen LogP contribution in [0.25, 0.3) is 0 Å². The molecular weight excluding hydrogens is 372 g/mol. The molecule has 2 aromatic rings.